The molecule has 0 atom stereocenters. The smallest absolute Gasteiger partial charge is 0.232 e. The van der Waals surface area contributed by atoms with Crippen molar-refractivity contribution in [1.82, 2.24) is 0 Å². The van der Waals surface area contributed by atoms with E-state index in [0.29, 0.717) is 12.2 Å². The Kier molecular flexibility index (Phi) is 3.78. The van der Waals surface area contributed by atoms with E-state index in [2.05, 4.69) is 0 Å². The number of hydrogen-bond acceptors (Lipinski definition) is 3. The van der Waals surface area contributed by atoms with Gasteiger partial charge in [0.2, 0.25) is 9.05 Å². The molecule has 0 heterocycles. The molecular formula is C13H13ClO3S. The van der Waals surface area contributed by atoms with Gasteiger partial charge in [0.25, 0.3) is 0 Å². The second kappa shape index (κ2) is 5.16. The fourth-order valence-electron chi connectivity index (χ4n) is 1.99. The van der Waals surface area contributed by atoms with Gasteiger partial charge in [-0.25, -0.2) is 8.42 Å². The van der Waals surface area contributed by atoms with Crippen molar-refractivity contribution in [3.05, 3.63) is 42.0 Å². The molecule has 0 bridgehead atoms. The minimum Gasteiger partial charge on any atom is -0.496 e. The van der Waals surface area contributed by atoms with Gasteiger partial charge < -0.3 is 4.74 Å². The maximum absolute atomic E-state index is 11.1. The van der Waals surface area contributed by atoms with Crippen molar-refractivity contribution >= 4 is 30.5 Å². The van der Waals surface area contributed by atoms with Crippen molar-refractivity contribution in [2.45, 2.75) is 6.42 Å². The highest BCUT2D eigenvalue weighted by molar-refractivity contribution is 8.13. The van der Waals surface area contributed by atoms with Gasteiger partial charge >= 0.3 is 0 Å². The number of hydrogen-bond donors (Lipinski definition) is 0. The molecule has 2 aromatic rings. The maximum atomic E-state index is 11.1. The Labute approximate surface area is 111 Å². The van der Waals surface area contributed by atoms with Crippen molar-refractivity contribution in [2.75, 3.05) is 12.9 Å². The van der Waals surface area contributed by atoms with Crippen molar-refractivity contribution in [1.29, 1.82) is 0 Å². The Bertz CT molecular complexity index is 665. The molecule has 0 unspecified atom stereocenters. The molecule has 0 aliphatic heterocycles. The Balaban J connectivity index is 2.51. The van der Waals surface area contributed by atoms with Crippen LogP contribution in [0.5, 0.6) is 5.75 Å². The predicted octanol–water partition coefficient (Wildman–Crippen LogP) is 2.96. The molecule has 0 aliphatic carbocycles. The lowest BCUT2D eigenvalue weighted by Crippen LogP contribution is -2.03. The molecule has 3 nitrogen and oxygen atoms in total. The van der Waals surface area contributed by atoms with E-state index >= 15 is 0 Å². The standard InChI is InChI=1S/C13H13ClO3S/c1-17-13-7-6-10-4-2-3-5-11(10)12(13)8-9-18(14,15)16/h2-7H,8-9H2,1H3. The Morgan fingerprint density at radius 1 is 1.17 bits per heavy atom. The molecule has 0 radical (unpaired) electrons. The molecule has 18 heavy (non-hydrogen) atoms. The van der Waals surface area contributed by atoms with E-state index in [1.807, 2.05) is 36.4 Å². The summed E-state index contributed by atoms with van der Waals surface area (Å²) in [7, 11) is 3.33. The minimum absolute atomic E-state index is 0.0983. The normalized spacial score (nSPS) is 11.7. The van der Waals surface area contributed by atoms with Crippen LogP contribution in [-0.4, -0.2) is 21.3 Å². The molecule has 0 spiro atoms. The summed E-state index contributed by atoms with van der Waals surface area (Å²) in [6.45, 7) is 0. The number of benzene rings is 2. The van der Waals surface area contributed by atoms with Gasteiger partial charge in [0.15, 0.2) is 0 Å². The summed E-state index contributed by atoms with van der Waals surface area (Å²) in [4.78, 5) is 0. The number of halogens is 1. The summed E-state index contributed by atoms with van der Waals surface area (Å²) >= 11 is 0. The Morgan fingerprint density at radius 3 is 2.56 bits per heavy atom. The van der Waals surface area contributed by atoms with E-state index in [1.165, 1.54) is 0 Å². The van der Waals surface area contributed by atoms with Gasteiger partial charge in [-0.15, -0.1) is 0 Å². The molecule has 0 fully saturated rings. The number of fused-ring (bicyclic) bond motifs is 1. The Morgan fingerprint density at radius 2 is 1.89 bits per heavy atom. The van der Waals surface area contributed by atoms with Crippen LogP contribution in [0.25, 0.3) is 10.8 Å². The molecule has 0 saturated heterocycles. The SMILES string of the molecule is COc1ccc2ccccc2c1CCS(=O)(=O)Cl. The first-order valence-corrected chi connectivity index (χ1v) is 7.96. The zero-order valence-electron chi connectivity index (χ0n) is 9.89. The van der Waals surface area contributed by atoms with Gasteiger partial charge in [-0.2, -0.15) is 0 Å². The van der Waals surface area contributed by atoms with Crippen LogP contribution < -0.4 is 4.74 Å². The van der Waals surface area contributed by atoms with Crippen molar-refractivity contribution in [3.63, 3.8) is 0 Å². The number of aryl methyl sites for hydroxylation is 1. The van der Waals surface area contributed by atoms with Crippen LogP contribution in [0.3, 0.4) is 0 Å². The third kappa shape index (κ3) is 2.94. The van der Waals surface area contributed by atoms with Gasteiger partial charge in [0.1, 0.15) is 5.75 Å². The summed E-state index contributed by atoms with van der Waals surface area (Å²) < 4.78 is 27.4. The molecule has 0 amide bonds. The molecule has 0 aliphatic rings. The molecule has 2 rings (SSSR count). The molecule has 0 N–H and O–H groups in total. The highest BCUT2D eigenvalue weighted by Gasteiger charge is 2.12. The average molecular weight is 285 g/mol. The lowest BCUT2D eigenvalue weighted by atomic mass is 10.0. The van der Waals surface area contributed by atoms with E-state index in [4.69, 9.17) is 15.4 Å². The van der Waals surface area contributed by atoms with Crippen LogP contribution in [0.4, 0.5) is 0 Å². The summed E-state index contributed by atoms with van der Waals surface area (Å²) in [6, 6.07) is 11.6. The zero-order valence-corrected chi connectivity index (χ0v) is 11.5. The maximum Gasteiger partial charge on any atom is 0.232 e. The third-order valence-electron chi connectivity index (χ3n) is 2.81. The van der Waals surface area contributed by atoms with Gasteiger partial charge in [-0.05, 0) is 23.3 Å². The van der Waals surface area contributed by atoms with E-state index in [0.717, 1.165) is 16.3 Å². The van der Waals surface area contributed by atoms with Crippen LogP contribution in [0.15, 0.2) is 36.4 Å². The highest BCUT2D eigenvalue weighted by Crippen LogP contribution is 2.28. The largest absolute Gasteiger partial charge is 0.496 e. The molecular weight excluding hydrogens is 272 g/mol. The van der Waals surface area contributed by atoms with E-state index < -0.39 is 9.05 Å². The monoisotopic (exact) mass is 284 g/mol. The van der Waals surface area contributed by atoms with Gasteiger partial charge in [0.05, 0.1) is 12.9 Å². The van der Waals surface area contributed by atoms with E-state index in [9.17, 15) is 8.42 Å². The lowest BCUT2D eigenvalue weighted by molar-refractivity contribution is 0.411. The van der Waals surface area contributed by atoms with E-state index in [-0.39, 0.29) is 5.75 Å². The molecule has 96 valence electrons. The second-order valence-electron chi connectivity index (χ2n) is 3.96. The molecule has 0 saturated carbocycles. The third-order valence-corrected chi connectivity index (χ3v) is 3.97. The van der Waals surface area contributed by atoms with Crippen molar-refractivity contribution in [2.24, 2.45) is 0 Å². The van der Waals surface area contributed by atoms with Crippen LogP contribution in [-0.2, 0) is 15.5 Å². The number of methoxy groups -OCH3 is 1. The van der Waals surface area contributed by atoms with Crippen molar-refractivity contribution < 1.29 is 13.2 Å². The highest BCUT2D eigenvalue weighted by atomic mass is 35.7. The summed E-state index contributed by atoms with van der Waals surface area (Å²) in [6.07, 6.45) is 0.344. The van der Waals surface area contributed by atoms with Crippen molar-refractivity contribution in [3.8, 4) is 5.75 Å². The second-order valence-corrected chi connectivity index (χ2v) is 6.86. The summed E-state index contributed by atoms with van der Waals surface area (Å²) in [5, 5.41) is 2.05. The van der Waals surface area contributed by atoms with Crippen LogP contribution in [0.1, 0.15) is 5.56 Å². The predicted molar refractivity (Wildman–Crippen MR) is 73.8 cm³/mol. The first-order chi connectivity index (χ1) is 8.51. The lowest BCUT2D eigenvalue weighted by Gasteiger charge is -2.11. The fraction of sp³-hybridized carbons (Fsp3) is 0.231. The zero-order chi connectivity index (χ0) is 13.2. The Hall–Kier alpha value is -1.26. The van der Waals surface area contributed by atoms with Gasteiger partial charge in [-0.3, -0.25) is 0 Å². The van der Waals surface area contributed by atoms with Gasteiger partial charge in [-0.1, -0.05) is 30.3 Å². The minimum atomic E-state index is -3.50. The average Bonchev–Trinajstić information content (AvgIpc) is 2.34. The van der Waals surface area contributed by atoms with Crippen LogP contribution >= 0.6 is 10.7 Å². The first kappa shape index (κ1) is 13.2. The molecule has 2 aromatic carbocycles. The molecule has 5 heteroatoms. The van der Waals surface area contributed by atoms with E-state index in [1.54, 1.807) is 7.11 Å². The summed E-state index contributed by atoms with van der Waals surface area (Å²) in [5.74, 6) is 0.591. The van der Waals surface area contributed by atoms with Gasteiger partial charge in [0, 0.05) is 16.2 Å². The molecule has 0 aromatic heterocycles. The number of rotatable bonds is 4. The van der Waals surface area contributed by atoms with Crippen LogP contribution in [0.2, 0.25) is 0 Å². The van der Waals surface area contributed by atoms with Crippen LogP contribution in [0, 0.1) is 0 Å². The fourth-order valence-corrected chi connectivity index (χ4v) is 2.67. The quantitative estimate of drug-likeness (QED) is 0.811. The number of ether oxygens (including phenoxy) is 1. The summed E-state index contributed by atoms with van der Waals surface area (Å²) in [5.41, 5.74) is 0.875. The first-order valence-electron chi connectivity index (χ1n) is 5.48. The topological polar surface area (TPSA) is 43.4 Å².